The summed E-state index contributed by atoms with van der Waals surface area (Å²) >= 11 is 0. The van der Waals surface area contributed by atoms with Crippen LogP contribution in [-0.2, 0) is 6.42 Å². The Balaban J connectivity index is 1.63. The van der Waals surface area contributed by atoms with Crippen LogP contribution in [0.4, 0.5) is 17.6 Å². The van der Waals surface area contributed by atoms with E-state index in [-0.39, 0.29) is 12.2 Å². The summed E-state index contributed by atoms with van der Waals surface area (Å²) in [4.78, 5) is 0. The molecule has 0 amide bonds. The normalized spacial score (nSPS) is 12.3. The van der Waals surface area contributed by atoms with Crippen LogP contribution in [0.1, 0.15) is 55.0 Å². The Hall–Kier alpha value is -2.62. The standard InChI is InChI=1S/C28H30F4/c1-20-19-25(22-10-8-21(9-11-22)7-5-3-2-4-6-18-29)16-17-26(20)23-12-14-24(15-13-23)27(30)28(31)32/h8-17,19,27-28H,2-7,18H2,1H3. The zero-order chi connectivity index (χ0) is 22.9. The van der Waals surface area contributed by atoms with Crippen molar-refractivity contribution >= 4 is 0 Å². The van der Waals surface area contributed by atoms with E-state index in [0.29, 0.717) is 6.42 Å². The van der Waals surface area contributed by atoms with Crippen molar-refractivity contribution in [2.75, 3.05) is 6.67 Å². The van der Waals surface area contributed by atoms with Gasteiger partial charge in [0.15, 0.2) is 6.17 Å². The van der Waals surface area contributed by atoms with E-state index in [2.05, 4.69) is 30.3 Å². The van der Waals surface area contributed by atoms with Crippen molar-refractivity contribution < 1.29 is 17.6 Å². The van der Waals surface area contributed by atoms with Crippen molar-refractivity contribution in [2.45, 2.75) is 58.0 Å². The van der Waals surface area contributed by atoms with Gasteiger partial charge in [0.05, 0.1) is 6.67 Å². The zero-order valence-corrected chi connectivity index (χ0v) is 18.5. The summed E-state index contributed by atoms with van der Waals surface area (Å²) in [5, 5.41) is 0. The van der Waals surface area contributed by atoms with Gasteiger partial charge in [-0.15, -0.1) is 0 Å². The van der Waals surface area contributed by atoms with Gasteiger partial charge in [-0.05, 0) is 65.1 Å². The van der Waals surface area contributed by atoms with Crippen LogP contribution in [0.2, 0.25) is 0 Å². The third-order valence-electron chi connectivity index (χ3n) is 5.87. The molecule has 1 unspecified atom stereocenters. The van der Waals surface area contributed by atoms with E-state index in [1.165, 1.54) is 17.7 Å². The third-order valence-corrected chi connectivity index (χ3v) is 5.87. The summed E-state index contributed by atoms with van der Waals surface area (Å²) in [6.07, 6.45) is 0.774. The van der Waals surface area contributed by atoms with Crippen LogP contribution in [0, 0.1) is 6.92 Å². The quantitative estimate of drug-likeness (QED) is 0.205. The molecule has 4 heteroatoms. The summed E-state index contributed by atoms with van der Waals surface area (Å²) in [5.41, 5.74) is 6.50. The molecule has 0 aliphatic carbocycles. The number of aryl methyl sites for hydroxylation is 2. The van der Waals surface area contributed by atoms with Crippen molar-refractivity contribution in [3.63, 3.8) is 0 Å². The zero-order valence-electron chi connectivity index (χ0n) is 18.5. The monoisotopic (exact) mass is 442 g/mol. The molecule has 0 spiro atoms. The molecule has 0 aromatic heterocycles. The second-order valence-electron chi connectivity index (χ2n) is 8.29. The minimum Gasteiger partial charge on any atom is -0.251 e. The lowest BCUT2D eigenvalue weighted by Crippen LogP contribution is -2.02. The van der Waals surface area contributed by atoms with Crippen LogP contribution in [0.25, 0.3) is 22.3 Å². The van der Waals surface area contributed by atoms with Gasteiger partial charge in [0.1, 0.15) is 0 Å². The minimum absolute atomic E-state index is 0.00197. The largest absolute Gasteiger partial charge is 0.273 e. The molecule has 32 heavy (non-hydrogen) atoms. The fourth-order valence-electron chi connectivity index (χ4n) is 3.98. The van der Waals surface area contributed by atoms with Gasteiger partial charge >= 0.3 is 0 Å². The second kappa shape index (κ2) is 11.8. The lowest BCUT2D eigenvalue weighted by atomic mass is 9.94. The first-order valence-corrected chi connectivity index (χ1v) is 11.3. The van der Waals surface area contributed by atoms with Gasteiger partial charge in [0.25, 0.3) is 6.43 Å². The minimum atomic E-state index is -3.01. The summed E-state index contributed by atoms with van der Waals surface area (Å²) < 4.78 is 50.7. The fourth-order valence-corrected chi connectivity index (χ4v) is 3.98. The molecule has 0 nitrogen and oxygen atoms in total. The molecule has 170 valence electrons. The lowest BCUT2D eigenvalue weighted by molar-refractivity contribution is 0.0496. The molecule has 3 aromatic carbocycles. The number of hydrogen-bond donors (Lipinski definition) is 0. The molecule has 0 aliphatic heterocycles. The number of alkyl halides is 4. The van der Waals surface area contributed by atoms with Crippen molar-refractivity contribution in [1.29, 1.82) is 0 Å². The molecule has 3 rings (SSSR count). The first-order valence-electron chi connectivity index (χ1n) is 11.3. The third kappa shape index (κ3) is 6.44. The predicted molar refractivity (Wildman–Crippen MR) is 125 cm³/mol. The Bertz CT molecular complexity index is 962. The first-order chi connectivity index (χ1) is 15.5. The molecule has 1 atom stereocenters. The average molecular weight is 443 g/mol. The molecule has 0 bridgehead atoms. The molecule has 0 aliphatic rings. The highest BCUT2D eigenvalue weighted by Crippen LogP contribution is 2.31. The molecule has 0 N–H and O–H groups in total. The Labute approximate surface area is 188 Å². The molecule has 0 fully saturated rings. The van der Waals surface area contributed by atoms with Crippen molar-refractivity contribution in [2.24, 2.45) is 0 Å². The van der Waals surface area contributed by atoms with Crippen LogP contribution < -0.4 is 0 Å². The number of hydrogen-bond acceptors (Lipinski definition) is 0. The van der Waals surface area contributed by atoms with Crippen LogP contribution >= 0.6 is 0 Å². The SMILES string of the molecule is Cc1cc(-c2ccc(CCCCCCCF)cc2)ccc1-c1ccc(C(F)C(F)F)cc1. The smallest absolute Gasteiger partial charge is 0.251 e. The molecule has 0 saturated heterocycles. The van der Waals surface area contributed by atoms with Gasteiger partial charge in [-0.2, -0.15) is 0 Å². The number of unbranched alkanes of at least 4 members (excludes halogenated alkanes) is 4. The summed E-state index contributed by atoms with van der Waals surface area (Å²) in [5.74, 6) is 0. The number of benzene rings is 3. The maximum absolute atomic E-state index is 13.5. The molecule has 0 radical (unpaired) electrons. The summed E-state index contributed by atoms with van der Waals surface area (Å²) in [7, 11) is 0. The van der Waals surface area contributed by atoms with E-state index in [1.54, 1.807) is 12.1 Å². The van der Waals surface area contributed by atoms with Gasteiger partial charge in [0, 0.05) is 0 Å². The molecule has 0 heterocycles. The van der Waals surface area contributed by atoms with Crippen LogP contribution in [0.3, 0.4) is 0 Å². The molecular formula is C28H30F4. The number of halogens is 4. The highest BCUT2D eigenvalue weighted by atomic mass is 19.3. The van der Waals surface area contributed by atoms with E-state index in [1.807, 2.05) is 19.1 Å². The number of rotatable bonds is 11. The molecule has 3 aromatic rings. The van der Waals surface area contributed by atoms with Crippen molar-refractivity contribution in [3.05, 3.63) is 83.4 Å². The van der Waals surface area contributed by atoms with Gasteiger partial charge < -0.3 is 0 Å². The topological polar surface area (TPSA) is 0 Å². The highest BCUT2D eigenvalue weighted by Gasteiger charge is 2.21. The van der Waals surface area contributed by atoms with Gasteiger partial charge in [0.2, 0.25) is 0 Å². The maximum atomic E-state index is 13.5. The Morgan fingerprint density at radius 2 is 1.25 bits per heavy atom. The second-order valence-corrected chi connectivity index (χ2v) is 8.29. The molecular weight excluding hydrogens is 412 g/mol. The van der Waals surface area contributed by atoms with E-state index < -0.39 is 12.6 Å². The van der Waals surface area contributed by atoms with E-state index in [4.69, 9.17) is 0 Å². The van der Waals surface area contributed by atoms with E-state index in [0.717, 1.165) is 59.9 Å². The van der Waals surface area contributed by atoms with Gasteiger partial charge in [-0.1, -0.05) is 86.0 Å². The Morgan fingerprint density at radius 1 is 0.656 bits per heavy atom. The van der Waals surface area contributed by atoms with Gasteiger partial charge in [-0.3, -0.25) is 4.39 Å². The Kier molecular flexibility index (Phi) is 8.90. The highest BCUT2D eigenvalue weighted by molar-refractivity contribution is 5.73. The van der Waals surface area contributed by atoms with Crippen LogP contribution in [-0.4, -0.2) is 13.1 Å². The van der Waals surface area contributed by atoms with Crippen molar-refractivity contribution in [3.8, 4) is 22.3 Å². The van der Waals surface area contributed by atoms with Crippen LogP contribution in [0.5, 0.6) is 0 Å². The fraction of sp³-hybridized carbons (Fsp3) is 0.357. The van der Waals surface area contributed by atoms with Crippen LogP contribution in [0.15, 0.2) is 66.7 Å². The first kappa shape index (κ1) is 24.0. The van der Waals surface area contributed by atoms with E-state index in [9.17, 15) is 17.6 Å². The average Bonchev–Trinajstić information content (AvgIpc) is 2.81. The summed E-state index contributed by atoms with van der Waals surface area (Å²) in [6.45, 7) is 1.80. The van der Waals surface area contributed by atoms with Gasteiger partial charge in [-0.25, -0.2) is 13.2 Å². The molecule has 0 saturated carbocycles. The lowest BCUT2D eigenvalue weighted by Gasteiger charge is -2.12. The predicted octanol–water partition coefficient (Wildman–Crippen LogP) is 9.07. The Morgan fingerprint density at radius 3 is 1.88 bits per heavy atom. The van der Waals surface area contributed by atoms with E-state index >= 15 is 0 Å². The maximum Gasteiger partial charge on any atom is 0.273 e. The summed E-state index contributed by atoms with van der Waals surface area (Å²) in [6, 6.07) is 21.0. The van der Waals surface area contributed by atoms with Crippen molar-refractivity contribution in [1.82, 2.24) is 0 Å².